The van der Waals surface area contributed by atoms with Crippen molar-refractivity contribution in [3.8, 4) is 0 Å². The Labute approximate surface area is 113 Å². The summed E-state index contributed by atoms with van der Waals surface area (Å²) in [6.45, 7) is 1.82. The van der Waals surface area contributed by atoms with E-state index in [-0.39, 0.29) is 17.1 Å². The summed E-state index contributed by atoms with van der Waals surface area (Å²) in [5.74, 6) is -1.66. The molecule has 0 aliphatic heterocycles. The summed E-state index contributed by atoms with van der Waals surface area (Å²) in [4.78, 5) is 35.1. The van der Waals surface area contributed by atoms with Crippen molar-refractivity contribution in [1.82, 2.24) is 4.90 Å². The summed E-state index contributed by atoms with van der Waals surface area (Å²) < 4.78 is 4.48. The lowest BCUT2D eigenvalue weighted by molar-refractivity contribution is -0.141. The molecule has 7 nitrogen and oxygen atoms in total. The number of hydrogen-bond acceptors (Lipinski definition) is 5. The highest BCUT2D eigenvalue weighted by Gasteiger charge is 2.19. The van der Waals surface area contributed by atoms with Crippen LogP contribution in [0.2, 0.25) is 0 Å². The number of carboxylic acids is 1. The lowest BCUT2D eigenvalue weighted by Crippen LogP contribution is -2.39. The molecule has 104 valence electrons. The monoisotopic (exact) mass is 286 g/mol. The zero-order valence-electron chi connectivity index (χ0n) is 10.5. The van der Waals surface area contributed by atoms with E-state index in [1.165, 1.54) is 18.1 Å². The van der Waals surface area contributed by atoms with E-state index < -0.39 is 18.0 Å². The molecule has 0 saturated carbocycles. The average molecular weight is 286 g/mol. The maximum atomic E-state index is 11.9. The molecule has 0 aliphatic rings. The predicted molar refractivity (Wildman–Crippen MR) is 69.6 cm³/mol. The number of carboxylic acid groups (broad SMARTS) is 1. The second-order valence-electron chi connectivity index (χ2n) is 3.49. The number of ether oxygens (including phenoxy) is 1. The normalized spacial score (nSPS) is 9.79. The van der Waals surface area contributed by atoms with Crippen LogP contribution in [-0.4, -0.2) is 48.2 Å². The molecule has 0 saturated heterocycles. The van der Waals surface area contributed by atoms with E-state index in [0.29, 0.717) is 6.54 Å². The maximum Gasteiger partial charge on any atom is 0.338 e. The Kier molecular flexibility index (Phi) is 5.31. The number of nitrogens with zero attached hydrogens (tertiary/aromatic N) is 1. The van der Waals surface area contributed by atoms with Gasteiger partial charge >= 0.3 is 18.0 Å². The van der Waals surface area contributed by atoms with Gasteiger partial charge in [-0.2, -0.15) is 0 Å². The molecule has 1 rings (SSSR count). The van der Waals surface area contributed by atoms with Crippen LogP contribution in [0.15, 0.2) is 11.4 Å². The Hall–Kier alpha value is -2.09. The third-order valence-electron chi connectivity index (χ3n) is 2.33. The maximum absolute atomic E-state index is 11.9. The van der Waals surface area contributed by atoms with Gasteiger partial charge in [0.25, 0.3) is 0 Å². The first-order valence-corrected chi connectivity index (χ1v) is 6.31. The largest absolute Gasteiger partial charge is 0.478 e. The van der Waals surface area contributed by atoms with Crippen LogP contribution >= 0.6 is 11.3 Å². The van der Waals surface area contributed by atoms with E-state index in [1.54, 1.807) is 12.3 Å². The fourth-order valence-corrected chi connectivity index (χ4v) is 2.07. The lowest BCUT2D eigenvalue weighted by atomic mass is 10.3. The van der Waals surface area contributed by atoms with Gasteiger partial charge in [0.1, 0.15) is 11.5 Å². The number of amides is 2. The number of carbonyl (C=O) groups excluding carboxylic acids is 2. The van der Waals surface area contributed by atoms with Crippen molar-refractivity contribution in [2.45, 2.75) is 6.92 Å². The molecule has 19 heavy (non-hydrogen) atoms. The molecule has 0 aromatic carbocycles. The fourth-order valence-electron chi connectivity index (χ4n) is 1.30. The minimum absolute atomic E-state index is 0.0208. The molecule has 1 heterocycles. The summed E-state index contributed by atoms with van der Waals surface area (Å²) in [7, 11) is 1.23. The number of anilines is 1. The van der Waals surface area contributed by atoms with Crippen LogP contribution in [0.4, 0.5) is 9.80 Å². The first-order valence-electron chi connectivity index (χ1n) is 5.43. The number of hydrogen-bond donors (Lipinski definition) is 2. The molecule has 0 radical (unpaired) electrons. The molecule has 0 unspecified atom stereocenters. The number of methoxy groups -OCH3 is 1. The van der Waals surface area contributed by atoms with Gasteiger partial charge in [0.05, 0.1) is 12.7 Å². The van der Waals surface area contributed by atoms with E-state index in [9.17, 15) is 14.4 Å². The minimum atomic E-state index is -1.12. The van der Waals surface area contributed by atoms with Gasteiger partial charge in [-0.3, -0.25) is 10.1 Å². The zero-order chi connectivity index (χ0) is 14.4. The molecule has 2 N–H and O–H groups in total. The van der Waals surface area contributed by atoms with Gasteiger partial charge in [0.2, 0.25) is 0 Å². The summed E-state index contributed by atoms with van der Waals surface area (Å²) >= 11 is 1.10. The lowest BCUT2D eigenvalue weighted by Gasteiger charge is -2.19. The summed E-state index contributed by atoms with van der Waals surface area (Å²) in [6, 6.07) is 0.858. The molecular formula is C11H14N2O5S. The molecule has 1 aromatic heterocycles. The fraction of sp³-hybridized carbons (Fsp3) is 0.364. The second kappa shape index (κ2) is 6.74. The molecule has 0 atom stereocenters. The molecular weight excluding hydrogens is 272 g/mol. The Morgan fingerprint density at radius 1 is 1.47 bits per heavy atom. The van der Waals surface area contributed by atoms with Crippen molar-refractivity contribution in [3.63, 3.8) is 0 Å². The number of esters is 1. The first kappa shape index (κ1) is 15.0. The van der Waals surface area contributed by atoms with Crippen LogP contribution in [0.1, 0.15) is 17.3 Å². The number of aromatic carboxylic acids is 1. The van der Waals surface area contributed by atoms with Gasteiger partial charge < -0.3 is 14.7 Å². The topological polar surface area (TPSA) is 95.9 Å². The zero-order valence-corrected chi connectivity index (χ0v) is 11.3. The predicted octanol–water partition coefficient (Wildman–Crippen LogP) is 1.47. The average Bonchev–Trinajstić information content (AvgIpc) is 2.83. The molecule has 0 bridgehead atoms. The summed E-state index contributed by atoms with van der Waals surface area (Å²) in [5.41, 5.74) is 0.0208. The molecule has 1 aromatic rings. The van der Waals surface area contributed by atoms with Crippen LogP contribution in [0.3, 0.4) is 0 Å². The number of urea groups is 1. The highest BCUT2D eigenvalue weighted by molar-refractivity contribution is 7.14. The van der Waals surface area contributed by atoms with E-state index in [1.807, 2.05) is 0 Å². The highest BCUT2D eigenvalue weighted by atomic mass is 32.1. The highest BCUT2D eigenvalue weighted by Crippen LogP contribution is 2.23. The smallest absolute Gasteiger partial charge is 0.338 e. The molecule has 2 amide bonds. The Morgan fingerprint density at radius 3 is 2.68 bits per heavy atom. The molecule has 0 spiro atoms. The van der Waals surface area contributed by atoms with Crippen LogP contribution in [0.5, 0.6) is 0 Å². The Bertz CT molecular complexity index is 485. The van der Waals surface area contributed by atoms with Gasteiger partial charge in [0.15, 0.2) is 0 Å². The second-order valence-corrected chi connectivity index (χ2v) is 4.41. The van der Waals surface area contributed by atoms with Crippen LogP contribution in [0, 0.1) is 0 Å². The molecule has 8 heteroatoms. The Morgan fingerprint density at radius 2 is 2.16 bits per heavy atom. The standard InChI is InChI=1S/C11H14N2O5S/c1-3-13(6-8(14)18-2)11(17)12-9-7(10(15)16)4-5-19-9/h4-5H,3,6H2,1-2H3,(H,12,17)(H,15,16). The first-order chi connectivity index (χ1) is 8.99. The van der Waals surface area contributed by atoms with Crippen molar-refractivity contribution in [2.75, 3.05) is 25.5 Å². The van der Waals surface area contributed by atoms with Crippen molar-refractivity contribution in [3.05, 3.63) is 17.0 Å². The van der Waals surface area contributed by atoms with Crippen LogP contribution in [0.25, 0.3) is 0 Å². The van der Waals surface area contributed by atoms with Crippen molar-refractivity contribution < 1.29 is 24.2 Å². The number of rotatable bonds is 5. The third kappa shape index (κ3) is 3.95. The minimum Gasteiger partial charge on any atom is -0.478 e. The van der Waals surface area contributed by atoms with Gasteiger partial charge in [-0.25, -0.2) is 9.59 Å². The van der Waals surface area contributed by atoms with Crippen molar-refractivity contribution in [2.24, 2.45) is 0 Å². The number of nitrogens with one attached hydrogen (secondary N) is 1. The molecule has 0 aliphatic carbocycles. The third-order valence-corrected chi connectivity index (χ3v) is 3.16. The Balaban J connectivity index is 2.74. The van der Waals surface area contributed by atoms with E-state index in [4.69, 9.17) is 5.11 Å². The SMILES string of the molecule is CCN(CC(=O)OC)C(=O)Nc1sccc1C(=O)O. The van der Waals surface area contributed by atoms with Crippen LogP contribution < -0.4 is 5.32 Å². The van der Waals surface area contributed by atoms with Gasteiger partial charge in [-0.1, -0.05) is 0 Å². The molecule has 0 fully saturated rings. The number of likely N-dealkylation sites (N-methyl/N-ethyl adjacent to an activating group) is 1. The summed E-state index contributed by atoms with van der Waals surface area (Å²) in [5, 5.41) is 13.2. The number of carbonyl (C=O) groups is 3. The van der Waals surface area contributed by atoms with Gasteiger partial charge in [-0.05, 0) is 18.4 Å². The van der Waals surface area contributed by atoms with E-state index >= 15 is 0 Å². The van der Waals surface area contributed by atoms with E-state index in [2.05, 4.69) is 10.1 Å². The van der Waals surface area contributed by atoms with Crippen LogP contribution in [-0.2, 0) is 9.53 Å². The van der Waals surface area contributed by atoms with Crippen molar-refractivity contribution >= 4 is 34.3 Å². The van der Waals surface area contributed by atoms with E-state index in [0.717, 1.165) is 11.3 Å². The summed E-state index contributed by atoms with van der Waals surface area (Å²) in [6.07, 6.45) is 0. The van der Waals surface area contributed by atoms with Gasteiger partial charge in [-0.15, -0.1) is 11.3 Å². The van der Waals surface area contributed by atoms with Gasteiger partial charge in [0, 0.05) is 6.54 Å². The quantitative estimate of drug-likeness (QED) is 0.799. The number of thiophene rings is 1. The van der Waals surface area contributed by atoms with Crippen molar-refractivity contribution in [1.29, 1.82) is 0 Å².